The largest absolute Gasteiger partial charge is 0.299 e. The van der Waals surface area contributed by atoms with Gasteiger partial charge in [-0.15, -0.1) is 0 Å². The Morgan fingerprint density at radius 2 is 1.96 bits per heavy atom. The quantitative estimate of drug-likeness (QED) is 0.719. The van der Waals surface area contributed by atoms with Gasteiger partial charge in [-0.1, -0.05) is 12.1 Å². The second-order valence-corrected chi connectivity index (χ2v) is 5.33. The highest BCUT2D eigenvalue weighted by Gasteiger charge is 2.09. The van der Waals surface area contributed by atoms with Crippen molar-refractivity contribution in [3.05, 3.63) is 70.5 Å². The van der Waals surface area contributed by atoms with Crippen LogP contribution < -0.4 is 16.4 Å². The molecule has 0 radical (unpaired) electrons. The van der Waals surface area contributed by atoms with E-state index in [2.05, 4.69) is 15.8 Å². The lowest BCUT2D eigenvalue weighted by molar-refractivity contribution is -0.121. The van der Waals surface area contributed by atoms with Gasteiger partial charge in [0.15, 0.2) is 0 Å². The minimum Gasteiger partial charge on any atom is -0.299 e. The Morgan fingerprint density at radius 1 is 1.21 bits per heavy atom. The Bertz CT molecular complexity index is 951. The number of nitrogens with one attached hydrogen (secondary N) is 2. The third-order valence-electron chi connectivity index (χ3n) is 3.56. The number of hydrazine groups is 1. The van der Waals surface area contributed by atoms with Crippen LogP contribution in [0.2, 0.25) is 0 Å². The first-order chi connectivity index (χ1) is 11.5. The van der Waals surface area contributed by atoms with Crippen molar-refractivity contribution in [2.24, 2.45) is 0 Å². The molecule has 0 aliphatic rings. The molecule has 1 amide bonds. The van der Waals surface area contributed by atoms with Crippen LogP contribution in [0.1, 0.15) is 5.56 Å². The van der Waals surface area contributed by atoms with E-state index in [9.17, 15) is 14.0 Å². The Morgan fingerprint density at radius 3 is 2.71 bits per heavy atom. The van der Waals surface area contributed by atoms with E-state index >= 15 is 0 Å². The number of benzene rings is 2. The van der Waals surface area contributed by atoms with Gasteiger partial charge in [0.2, 0.25) is 0 Å². The van der Waals surface area contributed by atoms with E-state index in [0.29, 0.717) is 16.6 Å². The summed E-state index contributed by atoms with van der Waals surface area (Å²) < 4.78 is 14.1. The number of anilines is 1. The van der Waals surface area contributed by atoms with E-state index in [0.717, 1.165) is 5.56 Å². The highest BCUT2D eigenvalue weighted by Crippen LogP contribution is 2.11. The maximum atomic E-state index is 12.8. The van der Waals surface area contributed by atoms with Crippen molar-refractivity contribution in [3.63, 3.8) is 0 Å². The predicted octanol–water partition coefficient (Wildman–Crippen LogP) is 1.99. The van der Waals surface area contributed by atoms with Crippen LogP contribution in [0.25, 0.3) is 10.9 Å². The lowest BCUT2D eigenvalue weighted by atomic mass is 10.1. The normalized spacial score (nSPS) is 10.6. The van der Waals surface area contributed by atoms with Gasteiger partial charge in [-0.05, 0) is 42.8 Å². The van der Waals surface area contributed by atoms with Gasteiger partial charge in [-0.25, -0.2) is 9.37 Å². The fraction of sp³-hybridized carbons (Fsp3) is 0.118. The lowest BCUT2D eigenvalue weighted by Gasteiger charge is -2.10. The van der Waals surface area contributed by atoms with E-state index in [1.807, 2.05) is 13.0 Å². The Balaban J connectivity index is 1.72. The highest BCUT2D eigenvalue weighted by molar-refractivity contribution is 5.81. The summed E-state index contributed by atoms with van der Waals surface area (Å²) in [4.78, 5) is 28.6. The molecule has 0 fully saturated rings. The summed E-state index contributed by atoms with van der Waals surface area (Å²) in [6.45, 7) is 1.70. The van der Waals surface area contributed by atoms with Crippen LogP contribution in [-0.2, 0) is 11.3 Å². The molecule has 0 saturated carbocycles. The topological polar surface area (TPSA) is 76.0 Å². The molecule has 122 valence electrons. The molecular formula is C17H15FN4O2. The molecule has 3 aromatic rings. The fourth-order valence-corrected chi connectivity index (χ4v) is 2.32. The molecule has 0 saturated heterocycles. The summed E-state index contributed by atoms with van der Waals surface area (Å²) in [6.07, 6.45) is 1.36. The number of aromatic nitrogens is 2. The van der Waals surface area contributed by atoms with Gasteiger partial charge in [0.05, 0.1) is 22.9 Å². The molecule has 2 aromatic carbocycles. The van der Waals surface area contributed by atoms with Crippen LogP contribution in [0.15, 0.2) is 53.6 Å². The van der Waals surface area contributed by atoms with Crippen molar-refractivity contribution in [2.45, 2.75) is 13.5 Å². The number of fused-ring (bicyclic) bond motifs is 1. The van der Waals surface area contributed by atoms with Gasteiger partial charge in [0.1, 0.15) is 12.4 Å². The van der Waals surface area contributed by atoms with E-state index in [4.69, 9.17) is 0 Å². The van der Waals surface area contributed by atoms with Gasteiger partial charge in [-0.2, -0.15) is 0 Å². The third kappa shape index (κ3) is 3.24. The number of para-hydroxylation sites is 1. The van der Waals surface area contributed by atoms with Crippen LogP contribution in [0, 0.1) is 12.7 Å². The minimum atomic E-state index is -0.421. The summed E-state index contributed by atoms with van der Waals surface area (Å²) in [5.41, 5.74) is 6.90. The summed E-state index contributed by atoms with van der Waals surface area (Å²) in [5.74, 6) is -0.786. The van der Waals surface area contributed by atoms with E-state index in [1.165, 1.54) is 35.2 Å². The molecule has 0 atom stereocenters. The van der Waals surface area contributed by atoms with Gasteiger partial charge < -0.3 is 0 Å². The van der Waals surface area contributed by atoms with Crippen LogP contribution in [0.3, 0.4) is 0 Å². The van der Waals surface area contributed by atoms with Crippen LogP contribution in [0.5, 0.6) is 0 Å². The maximum absolute atomic E-state index is 12.8. The van der Waals surface area contributed by atoms with Gasteiger partial charge in [-0.3, -0.25) is 25.0 Å². The first-order valence-corrected chi connectivity index (χ1v) is 7.30. The van der Waals surface area contributed by atoms with Gasteiger partial charge in [0.25, 0.3) is 11.5 Å². The van der Waals surface area contributed by atoms with E-state index in [1.54, 1.807) is 12.1 Å². The molecule has 1 heterocycles. The molecule has 7 heteroatoms. The van der Waals surface area contributed by atoms with E-state index in [-0.39, 0.29) is 17.9 Å². The zero-order valence-corrected chi connectivity index (χ0v) is 12.9. The number of amides is 1. The molecular weight excluding hydrogens is 311 g/mol. The molecule has 3 rings (SSSR count). The summed E-state index contributed by atoms with van der Waals surface area (Å²) >= 11 is 0. The Labute approximate surface area is 136 Å². The second-order valence-electron chi connectivity index (χ2n) is 5.33. The molecule has 24 heavy (non-hydrogen) atoms. The number of hydrogen-bond donors (Lipinski definition) is 2. The fourth-order valence-electron chi connectivity index (χ4n) is 2.32. The number of carbonyl (C=O) groups excluding carboxylic acids is 1. The van der Waals surface area contributed by atoms with Crippen LogP contribution in [0.4, 0.5) is 10.1 Å². The van der Waals surface area contributed by atoms with Crippen molar-refractivity contribution in [2.75, 3.05) is 5.43 Å². The number of hydrogen-bond acceptors (Lipinski definition) is 4. The summed E-state index contributed by atoms with van der Waals surface area (Å²) in [6, 6.07) is 10.9. The highest BCUT2D eigenvalue weighted by atomic mass is 19.1. The molecule has 1 aromatic heterocycles. The SMILES string of the molecule is Cc1cccc2c(=O)n(CC(=O)NNc3ccc(F)cc3)cnc12. The number of rotatable bonds is 4. The molecule has 0 unspecified atom stereocenters. The molecule has 6 nitrogen and oxygen atoms in total. The standard InChI is InChI=1S/C17H15FN4O2/c1-11-3-2-4-14-16(11)19-10-22(17(14)24)9-15(23)21-20-13-7-5-12(18)6-8-13/h2-8,10,20H,9H2,1H3,(H,21,23). The average Bonchev–Trinajstić information content (AvgIpc) is 2.57. The van der Waals surface area contributed by atoms with Crippen LogP contribution >= 0.6 is 0 Å². The lowest BCUT2D eigenvalue weighted by Crippen LogP contribution is -2.35. The molecule has 0 spiro atoms. The van der Waals surface area contributed by atoms with Crippen molar-refractivity contribution >= 4 is 22.5 Å². The van der Waals surface area contributed by atoms with E-state index < -0.39 is 5.91 Å². The van der Waals surface area contributed by atoms with Crippen molar-refractivity contribution < 1.29 is 9.18 Å². The smallest absolute Gasteiger partial charge is 0.261 e. The molecule has 0 aliphatic heterocycles. The zero-order valence-electron chi connectivity index (χ0n) is 12.9. The Kier molecular flexibility index (Phi) is 4.24. The maximum Gasteiger partial charge on any atom is 0.261 e. The summed E-state index contributed by atoms with van der Waals surface area (Å²) in [7, 11) is 0. The molecule has 2 N–H and O–H groups in total. The van der Waals surface area contributed by atoms with Crippen molar-refractivity contribution in [1.82, 2.24) is 15.0 Å². The van der Waals surface area contributed by atoms with Crippen molar-refractivity contribution in [1.29, 1.82) is 0 Å². The predicted molar refractivity (Wildman–Crippen MR) is 88.9 cm³/mol. The first-order valence-electron chi connectivity index (χ1n) is 7.30. The summed E-state index contributed by atoms with van der Waals surface area (Å²) in [5, 5.41) is 0.469. The molecule has 0 bridgehead atoms. The number of carbonyl (C=O) groups is 1. The Hall–Kier alpha value is -3.22. The van der Waals surface area contributed by atoms with Gasteiger partial charge in [0, 0.05) is 0 Å². The molecule has 0 aliphatic carbocycles. The van der Waals surface area contributed by atoms with Crippen LogP contribution in [-0.4, -0.2) is 15.5 Å². The van der Waals surface area contributed by atoms with Crippen molar-refractivity contribution in [3.8, 4) is 0 Å². The second kappa shape index (κ2) is 6.49. The number of halogens is 1. The number of nitrogens with zero attached hydrogens (tertiary/aromatic N) is 2. The average molecular weight is 326 g/mol. The monoisotopic (exact) mass is 326 g/mol. The first kappa shape index (κ1) is 15.7. The van der Waals surface area contributed by atoms with Gasteiger partial charge >= 0.3 is 0 Å². The third-order valence-corrected chi connectivity index (χ3v) is 3.56. The number of aryl methyl sites for hydroxylation is 1. The zero-order chi connectivity index (χ0) is 17.1. The minimum absolute atomic E-state index is 0.177.